The van der Waals surface area contributed by atoms with Crippen LogP contribution < -0.4 is 11.1 Å². The molecule has 1 atom stereocenters. The lowest BCUT2D eigenvalue weighted by Gasteiger charge is -2.12. The molecule has 0 unspecified atom stereocenters. The number of carbonyl (C=O) groups excluding carboxylic acids is 2. The van der Waals surface area contributed by atoms with Crippen LogP contribution in [0.2, 0.25) is 0 Å². The Morgan fingerprint density at radius 3 is 2.31 bits per heavy atom. The van der Waals surface area contributed by atoms with Crippen LogP contribution in [0.25, 0.3) is 0 Å². The first-order chi connectivity index (χ1) is 5.93. The molecule has 0 aliphatic rings. The second-order valence-corrected chi connectivity index (χ2v) is 2.59. The average Bonchev–Trinajstić information content (AvgIpc) is 1.96. The third-order valence-corrected chi connectivity index (χ3v) is 1.37. The van der Waals surface area contributed by atoms with Crippen LogP contribution in [0.15, 0.2) is 0 Å². The fourth-order valence-corrected chi connectivity index (χ4v) is 0.799. The van der Waals surface area contributed by atoms with Gasteiger partial charge in [-0.25, -0.2) is 0 Å². The Labute approximate surface area is 75.1 Å². The quantitative estimate of drug-likeness (QED) is 0.505. The molecule has 4 N–H and O–H groups in total. The number of nitrogens with one attached hydrogen (secondary N) is 1. The van der Waals surface area contributed by atoms with Gasteiger partial charge in [-0.3, -0.25) is 14.4 Å². The largest absolute Gasteiger partial charge is 0.481 e. The van der Waals surface area contributed by atoms with Crippen LogP contribution in [0.3, 0.4) is 0 Å². The number of amides is 2. The molecule has 0 fully saturated rings. The lowest BCUT2D eigenvalue weighted by molar-refractivity contribution is -0.137. The van der Waals surface area contributed by atoms with E-state index in [4.69, 9.17) is 10.8 Å². The Morgan fingerprint density at radius 2 is 2.00 bits per heavy atom. The molecule has 0 saturated carbocycles. The Morgan fingerprint density at radius 1 is 1.46 bits per heavy atom. The van der Waals surface area contributed by atoms with Crippen molar-refractivity contribution >= 4 is 17.8 Å². The first-order valence-electron chi connectivity index (χ1n) is 3.71. The summed E-state index contributed by atoms with van der Waals surface area (Å²) in [5.41, 5.74) is 4.92. The van der Waals surface area contributed by atoms with Crippen molar-refractivity contribution in [1.29, 1.82) is 0 Å². The predicted octanol–water partition coefficient (Wildman–Crippen LogP) is -1.16. The summed E-state index contributed by atoms with van der Waals surface area (Å²) in [6, 6.07) is -0.895. The van der Waals surface area contributed by atoms with Gasteiger partial charge in [0.2, 0.25) is 11.8 Å². The molecule has 0 aromatic carbocycles. The molecule has 0 bridgehead atoms. The number of carboxylic acids is 1. The molecule has 13 heavy (non-hydrogen) atoms. The van der Waals surface area contributed by atoms with Gasteiger partial charge in [0.25, 0.3) is 0 Å². The van der Waals surface area contributed by atoms with Gasteiger partial charge in [0.05, 0.1) is 0 Å². The van der Waals surface area contributed by atoms with E-state index in [9.17, 15) is 14.4 Å². The highest BCUT2D eigenvalue weighted by Gasteiger charge is 2.16. The monoisotopic (exact) mass is 188 g/mol. The lowest BCUT2D eigenvalue weighted by Crippen LogP contribution is -2.43. The molecule has 0 radical (unpaired) electrons. The first kappa shape index (κ1) is 11.4. The van der Waals surface area contributed by atoms with E-state index in [0.29, 0.717) is 0 Å². The molecule has 0 heterocycles. The van der Waals surface area contributed by atoms with E-state index in [-0.39, 0.29) is 12.8 Å². The fraction of sp³-hybridized carbons (Fsp3) is 0.571. The van der Waals surface area contributed by atoms with E-state index in [1.54, 1.807) is 0 Å². The summed E-state index contributed by atoms with van der Waals surface area (Å²) in [6.07, 6.45) is -0.182. The summed E-state index contributed by atoms with van der Waals surface area (Å²) in [4.78, 5) is 31.3. The van der Waals surface area contributed by atoms with E-state index in [1.165, 1.54) is 6.92 Å². The molecule has 6 heteroatoms. The Bertz CT molecular complexity index is 227. The Balaban J connectivity index is 4.02. The number of carboxylic acid groups (broad SMARTS) is 1. The molecule has 0 aliphatic carbocycles. The number of carbonyl (C=O) groups is 3. The summed E-state index contributed by atoms with van der Waals surface area (Å²) < 4.78 is 0. The standard InChI is InChI=1S/C7H12N2O4/c1-4(10)9-5(7(8)13)2-3-6(11)12/h5H,2-3H2,1H3,(H2,8,13)(H,9,10)(H,11,12)/t5-/m1/s1. The maximum Gasteiger partial charge on any atom is 0.303 e. The van der Waals surface area contributed by atoms with Crippen molar-refractivity contribution in [2.75, 3.05) is 0 Å². The predicted molar refractivity (Wildman–Crippen MR) is 43.7 cm³/mol. The summed E-state index contributed by atoms with van der Waals surface area (Å²) in [5.74, 6) is -2.16. The summed E-state index contributed by atoms with van der Waals surface area (Å²) in [5, 5.41) is 10.6. The van der Waals surface area contributed by atoms with Gasteiger partial charge in [-0.1, -0.05) is 0 Å². The van der Waals surface area contributed by atoms with Crippen molar-refractivity contribution in [3.63, 3.8) is 0 Å². The number of nitrogens with two attached hydrogens (primary N) is 1. The molecule has 6 nitrogen and oxygen atoms in total. The van der Waals surface area contributed by atoms with Gasteiger partial charge in [-0.05, 0) is 6.42 Å². The van der Waals surface area contributed by atoms with E-state index >= 15 is 0 Å². The number of primary amides is 1. The number of hydrogen-bond donors (Lipinski definition) is 3. The topological polar surface area (TPSA) is 109 Å². The van der Waals surface area contributed by atoms with Crippen molar-refractivity contribution in [3.8, 4) is 0 Å². The van der Waals surface area contributed by atoms with Crippen LogP contribution in [0.5, 0.6) is 0 Å². The number of aliphatic carboxylic acids is 1. The minimum Gasteiger partial charge on any atom is -0.481 e. The van der Waals surface area contributed by atoms with Crippen molar-refractivity contribution in [2.24, 2.45) is 5.73 Å². The number of hydrogen-bond acceptors (Lipinski definition) is 3. The molecule has 0 spiro atoms. The summed E-state index contributed by atoms with van der Waals surface area (Å²) >= 11 is 0. The maximum atomic E-state index is 10.7. The zero-order chi connectivity index (χ0) is 10.4. The van der Waals surface area contributed by atoms with Gasteiger partial charge in [-0.15, -0.1) is 0 Å². The second-order valence-electron chi connectivity index (χ2n) is 2.59. The van der Waals surface area contributed by atoms with Gasteiger partial charge in [-0.2, -0.15) is 0 Å². The highest BCUT2D eigenvalue weighted by molar-refractivity contribution is 5.86. The molecule has 0 rings (SSSR count). The van der Waals surface area contributed by atoms with E-state index in [2.05, 4.69) is 5.32 Å². The zero-order valence-electron chi connectivity index (χ0n) is 7.24. The molecule has 0 aromatic rings. The highest BCUT2D eigenvalue weighted by Crippen LogP contribution is 1.96. The van der Waals surface area contributed by atoms with E-state index in [0.717, 1.165) is 0 Å². The molecular weight excluding hydrogens is 176 g/mol. The van der Waals surface area contributed by atoms with Gasteiger partial charge >= 0.3 is 5.97 Å². The van der Waals surface area contributed by atoms with Crippen LogP contribution >= 0.6 is 0 Å². The second kappa shape index (κ2) is 5.13. The third-order valence-electron chi connectivity index (χ3n) is 1.37. The van der Waals surface area contributed by atoms with Crippen LogP contribution in [-0.4, -0.2) is 28.9 Å². The zero-order valence-corrected chi connectivity index (χ0v) is 7.24. The normalized spacial score (nSPS) is 11.8. The molecule has 74 valence electrons. The van der Waals surface area contributed by atoms with E-state index < -0.39 is 23.8 Å². The van der Waals surface area contributed by atoms with Gasteiger partial charge in [0, 0.05) is 13.3 Å². The minimum absolute atomic E-state index is 0.0181. The Hall–Kier alpha value is -1.59. The van der Waals surface area contributed by atoms with Crippen LogP contribution in [-0.2, 0) is 14.4 Å². The minimum atomic E-state index is -1.03. The molecule has 0 saturated heterocycles. The highest BCUT2D eigenvalue weighted by atomic mass is 16.4. The molecule has 0 aliphatic heterocycles. The molecular formula is C7H12N2O4. The van der Waals surface area contributed by atoms with Crippen LogP contribution in [0.1, 0.15) is 19.8 Å². The summed E-state index contributed by atoms with van der Waals surface area (Å²) in [7, 11) is 0. The SMILES string of the molecule is CC(=O)N[C@H](CCC(=O)O)C(N)=O. The third kappa shape index (κ3) is 5.66. The van der Waals surface area contributed by atoms with Crippen molar-refractivity contribution in [3.05, 3.63) is 0 Å². The molecule has 0 aromatic heterocycles. The summed E-state index contributed by atoms with van der Waals surface area (Å²) in [6.45, 7) is 1.23. The van der Waals surface area contributed by atoms with Crippen molar-refractivity contribution < 1.29 is 19.5 Å². The van der Waals surface area contributed by atoms with Crippen LogP contribution in [0.4, 0.5) is 0 Å². The lowest BCUT2D eigenvalue weighted by atomic mass is 10.1. The average molecular weight is 188 g/mol. The first-order valence-corrected chi connectivity index (χ1v) is 3.71. The van der Waals surface area contributed by atoms with Crippen LogP contribution in [0, 0.1) is 0 Å². The molecule has 2 amide bonds. The Kier molecular flexibility index (Phi) is 4.50. The number of rotatable bonds is 5. The maximum absolute atomic E-state index is 10.7. The van der Waals surface area contributed by atoms with Crippen molar-refractivity contribution in [2.45, 2.75) is 25.8 Å². The van der Waals surface area contributed by atoms with Gasteiger partial charge < -0.3 is 16.2 Å². The van der Waals surface area contributed by atoms with Gasteiger partial charge in [0.15, 0.2) is 0 Å². The fourth-order valence-electron chi connectivity index (χ4n) is 0.799. The smallest absolute Gasteiger partial charge is 0.303 e. The van der Waals surface area contributed by atoms with Crippen molar-refractivity contribution in [1.82, 2.24) is 5.32 Å². The van der Waals surface area contributed by atoms with Gasteiger partial charge in [0.1, 0.15) is 6.04 Å². The van der Waals surface area contributed by atoms with E-state index in [1.807, 2.05) is 0 Å².